The number of carbonyl (C=O) groups excluding carboxylic acids is 2. The van der Waals surface area contributed by atoms with Gasteiger partial charge in [-0.25, -0.2) is 0 Å². The molecule has 2 aromatic carbocycles. The number of anilines is 1. The number of halogens is 1. The number of carbonyl (C=O) groups is 2. The molecule has 3 rings (SSSR count). The van der Waals surface area contributed by atoms with Crippen LogP contribution in [0.4, 0.5) is 5.69 Å². The fourth-order valence-electron chi connectivity index (χ4n) is 3.16. The lowest BCUT2D eigenvalue weighted by atomic mass is 10.0. The summed E-state index contributed by atoms with van der Waals surface area (Å²) in [5.74, 6) is 0.507. The van der Waals surface area contributed by atoms with Crippen LogP contribution >= 0.6 is 11.6 Å². The Morgan fingerprint density at radius 2 is 1.96 bits per heavy atom. The smallest absolute Gasteiger partial charge is 0.262 e. The van der Waals surface area contributed by atoms with E-state index in [4.69, 9.17) is 16.3 Å². The molecular formula is C22H25ClN2O3. The van der Waals surface area contributed by atoms with E-state index in [9.17, 15) is 9.59 Å². The van der Waals surface area contributed by atoms with Crippen molar-refractivity contribution >= 4 is 29.0 Å². The molecule has 0 aliphatic carbocycles. The van der Waals surface area contributed by atoms with E-state index in [1.807, 2.05) is 24.3 Å². The molecule has 148 valence electrons. The molecule has 5 nitrogen and oxygen atoms in total. The number of unbranched alkanes of at least 4 members (excludes halogenated alkanes) is 2. The van der Waals surface area contributed by atoms with Crippen LogP contribution in [0.3, 0.4) is 0 Å². The van der Waals surface area contributed by atoms with Crippen molar-refractivity contribution in [2.75, 3.05) is 25.0 Å². The second kappa shape index (κ2) is 10.2. The summed E-state index contributed by atoms with van der Waals surface area (Å²) in [7, 11) is 0. The Hall–Kier alpha value is -2.37. The van der Waals surface area contributed by atoms with Crippen LogP contribution in [0.25, 0.3) is 0 Å². The summed E-state index contributed by atoms with van der Waals surface area (Å²) in [6.45, 7) is 1.85. The molecule has 0 saturated heterocycles. The Bertz CT molecular complexity index is 838. The van der Waals surface area contributed by atoms with Crippen molar-refractivity contribution in [2.24, 2.45) is 0 Å². The van der Waals surface area contributed by atoms with Crippen molar-refractivity contribution in [1.29, 1.82) is 0 Å². The van der Waals surface area contributed by atoms with E-state index in [1.165, 1.54) is 0 Å². The molecule has 2 N–H and O–H groups in total. The summed E-state index contributed by atoms with van der Waals surface area (Å²) in [5.41, 5.74) is 2.35. The molecule has 1 aliphatic rings. The zero-order valence-electron chi connectivity index (χ0n) is 15.8. The fraction of sp³-hybridized carbons (Fsp3) is 0.364. The number of rotatable bonds is 10. The maximum absolute atomic E-state index is 12.4. The molecule has 0 fully saturated rings. The minimum atomic E-state index is -0.195. The SMILES string of the molecule is O=C1COc2ccc(C(=O)CCCCCNCCc3ccccc3Cl)cc2N1. The summed E-state index contributed by atoms with van der Waals surface area (Å²) in [6.07, 6.45) is 4.30. The molecule has 0 spiro atoms. The fourth-order valence-corrected chi connectivity index (χ4v) is 3.39. The van der Waals surface area contributed by atoms with Crippen LogP contribution < -0.4 is 15.4 Å². The molecular weight excluding hydrogens is 376 g/mol. The Morgan fingerprint density at radius 1 is 1.11 bits per heavy atom. The predicted molar refractivity (Wildman–Crippen MR) is 111 cm³/mol. The first-order valence-corrected chi connectivity index (χ1v) is 10.1. The molecule has 28 heavy (non-hydrogen) atoms. The molecule has 2 aromatic rings. The van der Waals surface area contributed by atoms with Crippen molar-refractivity contribution in [1.82, 2.24) is 5.32 Å². The van der Waals surface area contributed by atoms with Crippen molar-refractivity contribution in [3.05, 3.63) is 58.6 Å². The molecule has 0 saturated carbocycles. The quantitative estimate of drug-likeness (QED) is 0.462. The van der Waals surface area contributed by atoms with Gasteiger partial charge in [-0.1, -0.05) is 36.2 Å². The van der Waals surface area contributed by atoms with Gasteiger partial charge in [0, 0.05) is 17.0 Å². The summed E-state index contributed by atoms with van der Waals surface area (Å²) in [6, 6.07) is 13.1. The number of Topliss-reactive ketones (excluding diaryl/α,β-unsaturated/α-hetero) is 1. The first-order valence-electron chi connectivity index (χ1n) is 9.67. The van der Waals surface area contributed by atoms with Gasteiger partial charge >= 0.3 is 0 Å². The largest absolute Gasteiger partial charge is 0.482 e. The molecule has 0 unspecified atom stereocenters. The van der Waals surface area contributed by atoms with Crippen molar-refractivity contribution < 1.29 is 14.3 Å². The summed E-state index contributed by atoms with van der Waals surface area (Å²) >= 11 is 6.14. The molecule has 0 atom stereocenters. The van der Waals surface area contributed by atoms with Crippen molar-refractivity contribution in [3.8, 4) is 5.75 Å². The highest BCUT2D eigenvalue weighted by atomic mass is 35.5. The normalized spacial score (nSPS) is 12.8. The highest BCUT2D eigenvalue weighted by Gasteiger charge is 2.17. The zero-order valence-corrected chi connectivity index (χ0v) is 16.6. The molecule has 1 aliphatic heterocycles. The number of fused-ring (bicyclic) bond motifs is 1. The molecule has 1 heterocycles. The van der Waals surface area contributed by atoms with E-state index in [-0.39, 0.29) is 18.3 Å². The van der Waals surface area contributed by atoms with E-state index in [0.29, 0.717) is 23.4 Å². The number of ether oxygens (including phenoxy) is 1. The third-order valence-electron chi connectivity index (χ3n) is 4.72. The number of ketones is 1. The lowest BCUT2D eigenvalue weighted by molar-refractivity contribution is -0.118. The molecule has 1 amide bonds. The van der Waals surface area contributed by atoms with E-state index < -0.39 is 0 Å². The Balaban J connectivity index is 1.30. The Labute approximate surface area is 170 Å². The minimum absolute atomic E-state index is 0.0206. The molecule has 0 aromatic heterocycles. The number of hydrogen-bond donors (Lipinski definition) is 2. The van der Waals surface area contributed by atoms with Crippen LogP contribution in [0.2, 0.25) is 5.02 Å². The van der Waals surface area contributed by atoms with Gasteiger partial charge in [0.1, 0.15) is 5.75 Å². The first kappa shape index (κ1) is 20.4. The minimum Gasteiger partial charge on any atom is -0.482 e. The summed E-state index contributed by atoms with van der Waals surface area (Å²) in [5, 5.41) is 6.97. The average Bonchev–Trinajstić information content (AvgIpc) is 2.70. The number of nitrogens with one attached hydrogen (secondary N) is 2. The third kappa shape index (κ3) is 5.81. The maximum atomic E-state index is 12.4. The van der Waals surface area contributed by atoms with E-state index >= 15 is 0 Å². The molecule has 6 heteroatoms. The van der Waals surface area contributed by atoms with Crippen molar-refractivity contribution in [2.45, 2.75) is 32.1 Å². The highest BCUT2D eigenvalue weighted by Crippen LogP contribution is 2.29. The van der Waals surface area contributed by atoms with E-state index in [0.717, 1.165) is 49.4 Å². The second-order valence-corrected chi connectivity index (χ2v) is 7.28. The monoisotopic (exact) mass is 400 g/mol. The predicted octanol–water partition coefficient (Wildman–Crippen LogP) is 4.25. The van der Waals surface area contributed by atoms with Gasteiger partial charge in [-0.15, -0.1) is 0 Å². The van der Waals surface area contributed by atoms with Crippen molar-refractivity contribution in [3.63, 3.8) is 0 Å². The lowest BCUT2D eigenvalue weighted by Gasteiger charge is -2.18. The highest BCUT2D eigenvalue weighted by molar-refractivity contribution is 6.31. The Kier molecular flexibility index (Phi) is 7.46. The zero-order chi connectivity index (χ0) is 19.8. The van der Waals surface area contributed by atoms with E-state index in [2.05, 4.69) is 10.6 Å². The van der Waals surface area contributed by atoms with Gasteiger partial charge in [-0.3, -0.25) is 9.59 Å². The number of hydrogen-bond acceptors (Lipinski definition) is 4. The number of benzene rings is 2. The van der Waals surface area contributed by atoms with Gasteiger partial charge < -0.3 is 15.4 Å². The summed E-state index contributed by atoms with van der Waals surface area (Å²) < 4.78 is 5.31. The maximum Gasteiger partial charge on any atom is 0.262 e. The van der Waals surface area contributed by atoms with Crippen LogP contribution in [-0.4, -0.2) is 31.4 Å². The lowest BCUT2D eigenvalue weighted by Crippen LogP contribution is -2.25. The van der Waals surface area contributed by atoms with Gasteiger partial charge in [0.15, 0.2) is 12.4 Å². The van der Waals surface area contributed by atoms with Crippen LogP contribution in [0, 0.1) is 0 Å². The van der Waals surface area contributed by atoms with Crippen LogP contribution in [0.5, 0.6) is 5.75 Å². The van der Waals surface area contributed by atoms with E-state index in [1.54, 1.807) is 18.2 Å². The number of amides is 1. The molecule has 0 radical (unpaired) electrons. The van der Waals surface area contributed by atoms with Gasteiger partial charge in [-0.05, 0) is 62.2 Å². The van der Waals surface area contributed by atoms with Crippen LogP contribution in [0.15, 0.2) is 42.5 Å². The summed E-state index contributed by atoms with van der Waals surface area (Å²) in [4.78, 5) is 23.7. The van der Waals surface area contributed by atoms with Gasteiger partial charge in [0.05, 0.1) is 5.69 Å². The van der Waals surface area contributed by atoms with Crippen LogP contribution in [0.1, 0.15) is 41.6 Å². The third-order valence-corrected chi connectivity index (χ3v) is 5.09. The average molecular weight is 401 g/mol. The second-order valence-electron chi connectivity index (χ2n) is 6.87. The molecule has 0 bridgehead atoms. The van der Waals surface area contributed by atoms with Gasteiger partial charge in [0.2, 0.25) is 0 Å². The van der Waals surface area contributed by atoms with Gasteiger partial charge in [-0.2, -0.15) is 0 Å². The van der Waals surface area contributed by atoms with Crippen LogP contribution in [-0.2, 0) is 11.2 Å². The first-order chi connectivity index (χ1) is 13.6. The standard InChI is InChI=1S/C22H25ClN2O3/c23-18-7-4-3-6-16(18)11-13-24-12-5-1-2-8-20(26)17-9-10-21-19(14-17)25-22(27)15-28-21/h3-4,6-7,9-10,14,24H,1-2,5,8,11-13,15H2,(H,25,27). The topological polar surface area (TPSA) is 67.4 Å². The van der Waals surface area contributed by atoms with Gasteiger partial charge in [0.25, 0.3) is 5.91 Å². The Morgan fingerprint density at radius 3 is 2.82 bits per heavy atom.